The van der Waals surface area contributed by atoms with Gasteiger partial charge in [-0.05, 0) is 6.07 Å². The Morgan fingerprint density at radius 3 is 3.12 bits per heavy atom. The molecule has 0 saturated heterocycles. The van der Waals surface area contributed by atoms with Gasteiger partial charge in [0.05, 0.1) is 12.6 Å². The molecule has 0 aliphatic carbocycles. The number of fused-ring (bicyclic) bond motifs is 1. The summed E-state index contributed by atoms with van der Waals surface area (Å²) in [5.41, 5.74) is 0.992. The molecule has 0 spiro atoms. The zero-order valence-corrected chi connectivity index (χ0v) is 8.85. The van der Waals surface area contributed by atoms with Crippen LogP contribution in [0.15, 0.2) is 24.3 Å². The lowest BCUT2D eigenvalue weighted by Gasteiger charge is -2.18. The van der Waals surface area contributed by atoms with E-state index in [1.807, 2.05) is 30.3 Å². The number of amides is 1. The highest BCUT2D eigenvalue weighted by Gasteiger charge is 2.18. The van der Waals surface area contributed by atoms with Gasteiger partial charge in [0.15, 0.2) is 0 Å². The third kappa shape index (κ3) is 2.14. The molecule has 1 aliphatic heterocycles. The summed E-state index contributed by atoms with van der Waals surface area (Å²) in [7, 11) is 0. The highest BCUT2D eigenvalue weighted by molar-refractivity contribution is 5.78. The second-order valence-electron chi connectivity index (χ2n) is 3.61. The molecule has 0 N–H and O–H groups in total. The van der Waals surface area contributed by atoms with Gasteiger partial charge in [0, 0.05) is 12.1 Å². The molecule has 1 aromatic carbocycles. The molecule has 0 unspecified atom stereocenters. The van der Waals surface area contributed by atoms with Crippen LogP contribution in [0.25, 0.3) is 0 Å². The molecule has 0 aromatic heterocycles. The number of carbonyl (C=O) groups is 1. The van der Waals surface area contributed by atoms with E-state index in [2.05, 4.69) is 0 Å². The molecule has 1 amide bonds. The van der Waals surface area contributed by atoms with Gasteiger partial charge in [-0.3, -0.25) is 4.79 Å². The smallest absolute Gasteiger partial charge is 0.237 e. The Bertz CT molecular complexity index is 437. The van der Waals surface area contributed by atoms with Crippen LogP contribution in [0.2, 0.25) is 0 Å². The minimum absolute atomic E-state index is 0.0673. The van der Waals surface area contributed by atoms with E-state index in [1.165, 1.54) is 0 Å². The van der Waals surface area contributed by atoms with Crippen molar-refractivity contribution in [3.05, 3.63) is 29.8 Å². The summed E-state index contributed by atoms with van der Waals surface area (Å²) >= 11 is 0. The van der Waals surface area contributed by atoms with Crippen molar-refractivity contribution in [1.82, 2.24) is 4.90 Å². The van der Waals surface area contributed by atoms with Gasteiger partial charge in [0.25, 0.3) is 0 Å². The maximum Gasteiger partial charge on any atom is 0.237 e. The number of hydrogen-bond donors (Lipinski definition) is 0. The molecule has 0 saturated carbocycles. The average Bonchev–Trinajstić information content (AvgIpc) is 2.51. The number of ether oxygens (including phenoxy) is 1. The van der Waals surface area contributed by atoms with Crippen LogP contribution < -0.4 is 4.74 Å². The fourth-order valence-electron chi connectivity index (χ4n) is 1.72. The Labute approximate surface area is 94.0 Å². The van der Waals surface area contributed by atoms with Crippen LogP contribution in [-0.2, 0) is 11.3 Å². The molecular weight excluding hydrogens is 204 g/mol. The van der Waals surface area contributed by atoms with Gasteiger partial charge < -0.3 is 9.64 Å². The van der Waals surface area contributed by atoms with Crippen molar-refractivity contribution in [1.29, 1.82) is 5.26 Å². The maximum absolute atomic E-state index is 11.6. The molecule has 4 heteroatoms. The van der Waals surface area contributed by atoms with Crippen LogP contribution in [0.1, 0.15) is 12.0 Å². The number of para-hydroxylation sites is 1. The minimum Gasteiger partial charge on any atom is -0.491 e. The molecule has 0 bridgehead atoms. The molecule has 1 aliphatic rings. The zero-order chi connectivity index (χ0) is 11.4. The Hall–Kier alpha value is -2.02. The molecule has 1 heterocycles. The van der Waals surface area contributed by atoms with Gasteiger partial charge in [-0.2, -0.15) is 5.26 Å². The van der Waals surface area contributed by atoms with E-state index in [0.29, 0.717) is 19.7 Å². The van der Waals surface area contributed by atoms with Gasteiger partial charge in [-0.15, -0.1) is 0 Å². The molecule has 4 nitrogen and oxygen atoms in total. The lowest BCUT2D eigenvalue weighted by Crippen LogP contribution is -2.31. The Morgan fingerprint density at radius 1 is 1.50 bits per heavy atom. The third-order valence-corrected chi connectivity index (χ3v) is 2.54. The highest BCUT2D eigenvalue weighted by Crippen LogP contribution is 2.22. The third-order valence-electron chi connectivity index (χ3n) is 2.54. The molecule has 0 radical (unpaired) electrons. The summed E-state index contributed by atoms with van der Waals surface area (Å²) in [6, 6.07) is 9.54. The van der Waals surface area contributed by atoms with Crippen molar-refractivity contribution in [3.8, 4) is 11.8 Å². The average molecular weight is 216 g/mol. The summed E-state index contributed by atoms with van der Waals surface area (Å²) in [4.78, 5) is 13.3. The molecule has 0 atom stereocenters. The SMILES string of the molecule is N#CCC(=O)N1CCOc2ccccc2C1. The monoisotopic (exact) mass is 216 g/mol. The van der Waals surface area contributed by atoms with E-state index in [9.17, 15) is 4.79 Å². The molecule has 82 valence electrons. The van der Waals surface area contributed by atoms with E-state index in [1.54, 1.807) is 4.90 Å². The van der Waals surface area contributed by atoms with Crippen LogP contribution in [-0.4, -0.2) is 24.0 Å². The first-order chi connectivity index (χ1) is 7.81. The first kappa shape index (κ1) is 10.5. The number of benzene rings is 1. The van der Waals surface area contributed by atoms with Crippen molar-refractivity contribution in [2.45, 2.75) is 13.0 Å². The minimum atomic E-state index is -0.136. The number of nitriles is 1. The van der Waals surface area contributed by atoms with Crippen molar-refractivity contribution >= 4 is 5.91 Å². The fraction of sp³-hybridized carbons (Fsp3) is 0.333. The summed E-state index contributed by atoms with van der Waals surface area (Å²) in [6.07, 6.45) is -0.0673. The summed E-state index contributed by atoms with van der Waals surface area (Å²) in [6.45, 7) is 1.54. The summed E-state index contributed by atoms with van der Waals surface area (Å²) < 4.78 is 5.53. The van der Waals surface area contributed by atoms with Gasteiger partial charge in [0.2, 0.25) is 5.91 Å². The van der Waals surface area contributed by atoms with Crippen molar-refractivity contribution < 1.29 is 9.53 Å². The predicted molar refractivity (Wildman–Crippen MR) is 57.6 cm³/mol. The van der Waals surface area contributed by atoms with Crippen molar-refractivity contribution in [2.75, 3.05) is 13.2 Å². The quantitative estimate of drug-likeness (QED) is 0.711. The summed E-state index contributed by atoms with van der Waals surface area (Å²) in [5, 5.41) is 8.50. The maximum atomic E-state index is 11.6. The normalized spacial score (nSPS) is 14.3. The van der Waals surface area contributed by atoms with Gasteiger partial charge in [0.1, 0.15) is 18.8 Å². The van der Waals surface area contributed by atoms with Gasteiger partial charge in [-0.25, -0.2) is 0 Å². The predicted octanol–water partition coefficient (Wildman–Crippen LogP) is 1.32. The van der Waals surface area contributed by atoms with Crippen LogP contribution in [0, 0.1) is 11.3 Å². The van der Waals surface area contributed by atoms with Gasteiger partial charge >= 0.3 is 0 Å². The van der Waals surface area contributed by atoms with Crippen LogP contribution in [0.4, 0.5) is 0 Å². The van der Waals surface area contributed by atoms with Gasteiger partial charge in [-0.1, -0.05) is 18.2 Å². The molecule has 16 heavy (non-hydrogen) atoms. The highest BCUT2D eigenvalue weighted by atomic mass is 16.5. The lowest BCUT2D eigenvalue weighted by molar-refractivity contribution is -0.130. The Balaban J connectivity index is 2.17. The number of carbonyl (C=O) groups excluding carboxylic acids is 1. The lowest BCUT2D eigenvalue weighted by atomic mass is 10.2. The van der Waals surface area contributed by atoms with Crippen LogP contribution in [0.5, 0.6) is 5.75 Å². The molecular formula is C12H12N2O2. The second-order valence-corrected chi connectivity index (χ2v) is 3.61. The fourth-order valence-corrected chi connectivity index (χ4v) is 1.72. The van der Waals surface area contributed by atoms with Crippen molar-refractivity contribution in [3.63, 3.8) is 0 Å². The number of rotatable bonds is 1. The van der Waals surface area contributed by atoms with Crippen LogP contribution in [0.3, 0.4) is 0 Å². The van der Waals surface area contributed by atoms with E-state index >= 15 is 0 Å². The number of hydrogen-bond acceptors (Lipinski definition) is 3. The Morgan fingerprint density at radius 2 is 2.31 bits per heavy atom. The zero-order valence-electron chi connectivity index (χ0n) is 8.85. The second kappa shape index (κ2) is 4.67. The van der Waals surface area contributed by atoms with E-state index in [0.717, 1.165) is 11.3 Å². The number of nitrogens with zero attached hydrogens (tertiary/aromatic N) is 2. The Kier molecular flexibility index (Phi) is 3.06. The molecule has 2 rings (SSSR count). The molecule has 0 fully saturated rings. The topological polar surface area (TPSA) is 53.3 Å². The van der Waals surface area contributed by atoms with Crippen molar-refractivity contribution in [2.24, 2.45) is 0 Å². The van der Waals surface area contributed by atoms with Crippen LogP contribution >= 0.6 is 0 Å². The van der Waals surface area contributed by atoms with E-state index < -0.39 is 0 Å². The first-order valence-electron chi connectivity index (χ1n) is 5.16. The summed E-state index contributed by atoms with van der Waals surface area (Å²) in [5.74, 6) is 0.692. The van der Waals surface area contributed by atoms with E-state index in [4.69, 9.17) is 10.00 Å². The largest absolute Gasteiger partial charge is 0.491 e. The molecule has 1 aromatic rings. The first-order valence-corrected chi connectivity index (χ1v) is 5.16. The standard InChI is InChI=1S/C12H12N2O2/c13-6-5-12(15)14-7-8-16-11-4-2-1-3-10(11)9-14/h1-4H,5,7-9H2. The van der Waals surface area contributed by atoms with E-state index in [-0.39, 0.29) is 12.3 Å².